The Balaban J connectivity index is 1.66. The number of hydrogen-bond donors (Lipinski definition) is 2. The van der Waals surface area contributed by atoms with E-state index < -0.39 is 10.8 Å². The number of non-ortho nitro benzene ring substituents is 1. The van der Waals surface area contributed by atoms with E-state index in [0.717, 1.165) is 0 Å². The zero-order valence-corrected chi connectivity index (χ0v) is 16.3. The minimum atomic E-state index is -0.566. The number of nitro benzene ring substituents is 1. The van der Waals surface area contributed by atoms with Crippen LogP contribution in [-0.4, -0.2) is 15.9 Å². The summed E-state index contributed by atoms with van der Waals surface area (Å²) in [4.78, 5) is 22.5. The quantitative estimate of drug-likeness (QED) is 0.328. The molecule has 0 fully saturated rings. The molecule has 2 N–H and O–H groups in total. The highest BCUT2D eigenvalue weighted by atomic mass is 35.5. The van der Waals surface area contributed by atoms with Gasteiger partial charge in [-0.2, -0.15) is 0 Å². The third kappa shape index (κ3) is 4.48. The first-order valence-electron chi connectivity index (χ1n) is 7.76. The third-order valence-electron chi connectivity index (χ3n) is 3.61. The molecule has 0 aliphatic carbocycles. The van der Waals surface area contributed by atoms with Crippen molar-refractivity contribution in [2.75, 3.05) is 5.32 Å². The van der Waals surface area contributed by atoms with E-state index in [0.29, 0.717) is 27.1 Å². The van der Waals surface area contributed by atoms with E-state index in [1.165, 1.54) is 30.3 Å². The number of hydrogen-bond acceptors (Lipinski definition) is 5. The van der Waals surface area contributed by atoms with Gasteiger partial charge < -0.3 is 9.73 Å². The summed E-state index contributed by atoms with van der Waals surface area (Å²) in [5.74, 6) is -0.158. The van der Waals surface area contributed by atoms with Gasteiger partial charge in [0.15, 0.2) is 10.9 Å². The molecule has 0 aliphatic heterocycles. The molecule has 1 aromatic heterocycles. The van der Waals surface area contributed by atoms with Crippen molar-refractivity contribution in [2.24, 2.45) is 0 Å². The Morgan fingerprint density at radius 2 is 1.79 bits per heavy atom. The Kier molecular flexibility index (Phi) is 5.93. The zero-order valence-electron chi connectivity index (χ0n) is 13.9. The Morgan fingerprint density at radius 1 is 1.07 bits per heavy atom. The van der Waals surface area contributed by atoms with Gasteiger partial charge in [-0.25, -0.2) is 0 Å². The maximum Gasteiger partial charge on any atom is 0.293 e. The number of nitrogens with zero attached hydrogens (tertiary/aromatic N) is 1. The van der Waals surface area contributed by atoms with E-state index in [-0.39, 0.29) is 16.6 Å². The van der Waals surface area contributed by atoms with E-state index in [2.05, 4.69) is 10.6 Å². The van der Waals surface area contributed by atoms with E-state index in [9.17, 15) is 14.9 Å². The van der Waals surface area contributed by atoms with Crippen molar-refractivity contribution in [1.29, 1.82) is 0 Å². The summed E-state index contributed by atoms with van der Waals surface area (Å²) < 4.78 is 5.54. The number of carbonyl (C=O) groups excluding carboxylic acids is 1. The minimum Gasteiger partial charge on any atom is -0.451 e. The Bertz CT molecular complexity index is 1070. The predicted molar refractivity (Wildman–Crippen MR) is 111 cm³/mol. The van der Waals surface area contributed by atoms with E-state index >= 15 is 0 Å². The molecule has 1 heterocycles. The molecule has 0 saturated carbocycles. The SMILES string of the molecule is O=C(NC(=S)Nc1ccc([N+](=O)[O-])cc1)c1ccc(-c2cccc(Cl)c2Cl)o1. The van der Waals surface area contributed by atoms with Crippen LogP contribution in [0.3, 0.4) is 0 Å². The number of nitrogens with one attached hydrogen (secondary N) is 2. The van der Waals surface area contributed by atoms with Gasteiger partial charge in [0.2, 0.25) is 0 Å². The molecule has 0 unspecified atom stereocenters. The van der Waals surface area contributed by atoms with Crippen molar-refractivity contribution in [1.82, 2.24) is 5.32 Å². The lowest BCUT2D eigenvalue weighted by Gasteiger charge is -2.08. The van der Waals surface area contributed by atoms with E-state index in [4.69, 9.17) is 39.8 Å². The van der Waals surface area contributed by atoms with Crippen LogP contribution in [0.2, 0.25) is 10.0 Å². The lowest BCUT2D eigenvalue weighted by molar-refractivity contribution is -0.384. The molecule has 3 aromatic rings. The van der Waals surface area contributed by atoms with Crippen LogP contribution in [0, 0.1) is 10.1 Å². The molecular formula is C18H11Cl2N3O4S. The normalized spacial score (nSPS) is 10.4. The summed E-state index contributed by atoms with van der Waals surface area (Å²) in [7, 11) is 0. The minimum absolute atomic E-state index is 0.0117. The summed E-state index contributed by atoms with van der Waals surface area (Å²) in [5, 5.41) is 16.6. The fraction of sp³-hybridized carbons (Fsp3) is 0. The van der Waals surface area contributed by atoms with Gasteiger partial charge in [-0.15, -0.1) is 0 Å². The average Bonchev–Trinajstić information content (AvgIpc) is 3.14. The van der Waals surface area contributed by atoms with E-state index in [1.807, 2.05) is 0 Å². The van der Waals surface area contributed by atoms with Crippen molar-refractivity contribution in [3.63, 3.8) is 0 Å². The Labute approximate surface area is 174 Å². The largest absolute Gasteiger partial charge is 0.451 e. The summed E-state index contributed by atoms with van der Waals surface area (Å²) in [6, 6.07) is 13.7. The molecular weight excluding hydrogens is 425 g/mol. The molecule has 142 valence electrons. The molecule has 3 rings (SSSR count). The maximum absolute atomic E-state index is 12.3. The number of benzene rings is 2. The third-order valence-corrected chi connectivity index (χ3v) is 4.63. The summed E-state index contributed by atoms with van der Waals surface area (Å²) >= 11 is 17.2. The molecule has 28 heavy (non-hydrogen) atoms. The van der Waals surface area contributed by atoms with Gasteiger partial charge in [-0.3, -0.25) is 20.2 Å². The summed E-state index contributed by atoms with van der Waals surface area (Å²) in [6.07, 6.45) is 0. The van der Waals surface area contributed by atoms with Crippen LogP contribution in [0.5, 0.6) is 0 Å². The average molecular weight is 436 g/mol. The van der Waals surface area contributed by atoms with Gasteiger partial charge in [-0.1, -0.05) is 29.3 Å². The fourth-order valence-electron chi connectivity index (χ4n) is 2.29. The Hall–Kier alpha value is -2.94. The van der Waals surface area contributed by atoms with Crippen molar-refractivity contribution < 1.29 is 14.1 Å². The molecule has 10 heteroatoms. The van der Waals surface area contributed by atoms with Gasteiger partial charge in [0.1, 0.15) is 5.76 Å². The maximum atomic E-state index is 12.3. The molecule has 1 amide bonds. The second kappa shape index (κ2) is 8.39. The molecule has 0 saturated heterocycles. The van der Waals surface area contributed by atoms with E-state index in [1.54, 1.807) is 24.3 Å². The smallest absolute Gasteiger partial charge is 0.293 e. The van der Waals surface area contributed by atoms with Crippen molar-refractivity contribution >= 4 is 57.8 Å². The first-order chi connectivity index (χ1) is 13.3. The molecule has 0 atom stereocenters. The first kappa shape index (κ1) is 19.8. The molecule has 2 aromatic carbocycles. The molecule has 7 nitrogen and oxygen atoms in total. The monoisotopic (exact) mass is 435 g/mol. The molecule has 0 radical (unpaired) electrons. The second-order valence-electron chi connectivity index (χ2n) is 5.48. The molecule has 0 aliphatic rings. The van der Waals surface area contributed by atoms with Crippen molar-refractivity contribution in [2.45, 2.75) is 0 Å². The van der Waals surface area contributed by atoms with Crippen LogP contribution < -0.4 is 10.6 Å². The number of furan rings is 1. The number of rotatable bonds is 4. The van der Waals surface area contributed by atoms with Crippen molar-refractivity contribution in [3.8, 4) is 11.3 Å². The van der Waals surface area contributed by atoms with Gasteiger partial charge in [0, 0.05) is 23.4 Å². The van der Waals surface area contributed by atoms with Crippen LogP contribution >= 0.6 is 35.4 Å². The van der Waals surface area contributed by atoms with Gasteiger partial charge >= 0.3 is 0 Å². The number of carbonyl (C=O) groups is 1. The summed E-state index contributed by atoms with van der Waals surface area (Å²) in [6.45, 7) is 0. The number of amides is 1. The van der Waals surface area contributed by atoms with Crippen LogP contribution in [0.1, 0.15) is 10.6 Å². The van der Waals surface area contributed by atoms with Crippen LogP contribution in [0.4, 0.5) is 11.4 Å². The predicted octanol–water partition coefficient (Wildman–Crippen LogP) is 5.29. The highest BCUT2D eigenvalue weighted by Gasteiger charge is 2.16. The van der Waals surface area contributed by atoms with Crippen LogP contribution in [0.25, 0.3) is 11.3 Å². The number of anilines is 1. The highest BCUT2D eigenvalue weighted by Crippen LogP contribution is 2.34. The van der Waals surface area contributed by atoms with Gasteiger partial charge in [0.25, 0.3) is 11.6 Å². The van der Waals surface area contributed by atoms with Crippen LogP contribution in [-0.2, 0) is 0 Å². The first-order valence-corrected chi connectivity index (χ1v) is 8.92. The van der Waals surface area contributed by atoms with Crippen molar-refractivity contribution in [3.05, 3.63) is 80.5 Å². The Morgan fingerprint density at radius 3 is 2.46 bits per heavy atom. The lowest BCUT2D eigenvalue weighted by atomic mass is 10.2. The van der Waals surface area contributed by atoms with Gasteiger partial charge in [0.05, 0.1) is 15.0 Å². The highest BCUT2D eigenvalue weighted by molar-refractivity contribution is 7.80. The van der Waals surface area contributed by atoms with Crippen LogP contribution in [0.15, 0.2) is 59.0 Å². The standard InChI is InChI=1S/C18H11Cl2N3O4S/c19-13-3-1-2-12(16(13)20)14-8-9-15(27-14)17(24)22-18(28)21-10-4-6-11(7-5-10)23(25)26/h1-9H,(H2,21,22,24,28). The number of halogens is 2. The zero-order chi connectivity index (χ0) is 20.3. The summed E-state index contributed by atoms with van der Waals surface area (Å²) in [5.41, 5.74) is 0.991. The molecule has 0 spiro atoms. The second-order valence-corrected chi connectivity index (χ2v) is 6.67. The topological polar surface area (TPSA) is 97.4 Å². The molecule has 0 bridgehead atoms. The lowest BCUT2D eigenvalue weighted by Crippen LogP contribution is -2.33. The number of thiocarbonyl (C=S) groups is 1. The van der Waals surface area contributed by atoms with Gasteiger partial charge in [-0.05, 0) is 48.6 Å². The fourth-order valence-corrected chi connectivity index (χ4v) is 2.90. The number of nitro groups is 1.